The number of aromatic nitrogens is 1. The molecule has 1 aromatic heterocycles. The molecule has 3 aromatic carbocycles. The van der Waals surface area contributed by atoms with Crippen molar-refractivity contribution in [1.29, 1.82) is 0 Å². The number of phenolic OH excluding ortho intramolecular Hbond substituents is 1. The highest BCUT2D eigenvalue weighted by atomic mass is 16.5. The summed E-state index contributed by atoms with van der Waals surface area (Å²) in [6.07, 6.45) is 0. The second-order valence-corrected chi connectivity index (χ2v) is 8.11. The number of hydrogen-bond acceptors (Lipinski definition) is 5. The molecule has 160 valence electrons. The summed E-state index contributed by atoms with van der Waals surface area (Å²) in [5, 5.41) is 10.9. The predicted molar refractivity (Wildman–Crippen MR) is 124 cm³/mol. The highest BCUT2D eigenvalue weighted by Crippen LogP contribution is 2.40. The number of ketones is 1. The Morgan fingerprint density at radius 2 is 1.62 bits per heavy atom. The van der Waals surface area contributed by atoms with Crippen molar-refractivity contribution < 1.29 is 14.6 Å². The number of pyridine rings is 1. The number of rotatable bonds is 5. The summed E-state index contributed by atoms with van der Waals surface area (Å²) in [6, 6.07) is 19.1. The Kier molecular flexibility index (Phi) is 4.79. The van der Waals surface area contributed by atoms with Gasteiger partial charge in [0.1, 0.15) is 18.1 Å². The van der Waals surface area contributed by atoms with E-state index in [0.717, 1.165) is 12.1 Å². The van der Waals surface area contributed by atoms with Crippen LogP contribution in [0.5, 0.6) is 11.5 Å². The number of benzene rings is 3. The molecule has 0 atom stereocenters. The number of hydrogen-bond donors (Lipinski definition) is 1. The Labute approximate surface area is 184 Å². The van der Waals surface area contributed by atoms with Crippen LogP contribution >= 0.6 is 0 Å². The Morgan fingerprint density at radius 3 is 2.34 bits per heavy atom. The minimum atomic E-state index is -0.291. The number of likely N-dealkylation sites (N-methyl/N-ethyl adjacent to an activating group) is 1. The normalized spacial score (nSPS) is 12.3. The van der Waals surface area contributed by atoms with E-state index in [2.05, 4.69) is 0 Å². The molecule has 0 aliphatic heterocycles. The van der Waals surface area contributed by atoms with Crippen LogP contribution in [-0.2, 0) is 0 Å². The highest BCUT2D eigenvalue weighted by molar-refractivity contribution is 6.26. The van der Waals surface area contributed by atoms with Gasteiger partial charge >= 0.3 is 0 Å². The minimum absolute atomic E-state index is 0.0197. The van der Waals surface area contributed by atoms with Crippen molar-refractivity contribution in [3.8, 4) is 28.4 Å². The molecular weight excluding hydrogens is 404 g/mol. The second-order valence-electron chi connectivity index (χ2n) is 8.11. The molecule has 1 aliphatic rings. The summed E-state index contributed by atoms with van der Waals surface area (Å²) in [5.41, 5.74) is 2.69. The molecule has 4 aromatic rings. The van der Waals surface area contributed by atoms with Crippen LogP contribution in [-0.4, -0.2) is 47.6 Å². The molecule has 0 saturated heterocycles. The van der Waals surface area contributed by atoms with Gasteiger partial charge < -0.3 is 14.7 Å². The van der Waals surface area contributed by atoms with E-state index in [9.17, 15) is 14.7 Å². The first kappa shape index (κ1) is 20.0. The van der Waals surface area contributed by atoms with Crippen LogP contribution in [0, 0.1) is 0 Å². The molecule has 0 bridgehead atoms. The molecule has 6 nitrogen and oxygen atoms in total. The van der Waals surface area contributed by atoms with E-state index in [-0.39, 0.29) is 17.1 Å². The lowest BCUT2D eigenvalue weighted by Gasteiger charge is -2.16. The largest absolute Gasteiger partial charge is 0.508 e. The number of phenols is 1. The van der Waals surface area contributed by atoms with Gasteiger partial charge in [0.05, 0.1) is 16.6 Å². The summed E-state index contributed by atoms with van der Waals surface area (Å²) in [5.74, 6) is 0.563. The molecule has 0 spiro atoms. The van der Waals surface area contributed by atoms with E-state index in [4.69, 9.17) is 4.74 Å². The van der Waals surface area contributed by atoms with E-state index < -0.39 is 0 Å². The van der Waals surface area contributed by atoms with Gasteiger partial charge in [0.15, 0.2) is 5.78 Å². The fourth-order valence-corrected chi connectivity index (χ4v) is 4.18. The summed E-state index contributed by atoms with van der Waals surface area (Å²) in [7, 11) is 3.96. The molecule has 1 aliphatic carbocycles. The fourth-order valence-electron chi connectivity index (χ4n) is 4.18. The molecule has 6 heteroatoms. The zero-order valence-electron chi connectivity index (χ0n) is 17.8. The number of carbonyl (C=O) groups excluding carboxylic acids is 1. The van der Waals surface area contributed by atoms with E-state index >= 15 is 0 Å². The maximum atomic E-state index is 13.6. The fraction of sp³-hybridized carbons (Fsp3) is 0.154. The Morgan fingerprint density at radius 1 is 0.906 bits per heavy atom. The maximum Gasteiger partial charge on any atom is 0.263 e. The Bertz CT molecular complexity index is 1420. The summed E-state index contributed by atoms with van der Waals surface area (Å²) >= 11 is 0. The van der Waals surface area contributed by atoms with Gasteiger partial charge in [-0.1, -0.05) is 24.3 Å². The first-order valence-corrected chi connectivity index (χ1v) is 10.4. The van der Waals surface area contributed by atoms with Crippen LogP contribution in [0.4, 0.5) is 0 Å². The van der Waals surface area contributed by atoms with Gasteiger partial charge in [-0.05, 0) is 56.6 Å². The molecule has 0 fully saturated rings. The number of ether oxygens (including phenoxy) is 1. The summed E-state index contributed by atoms with van der Waals surface area (Å²) < 4.78 is 7.33. The van der Waals surface area contributed by atoms with Gasteiger partial charge in [-0.15, -0.1) is 0 Å². The van der Waals surface area contributed by atoms with E-state index in [1.807, 2.05) is 61.5 Å². The highest BCUT2D eigenvalue weighted by Gasteiger charge is 2.32. The molecule has 0 amide bonds. The molecule has 5 rings (SSSR count). The lowest BCUT2D eigenvalue weighted by Crippen LogP contribution is -2.22. The molecule has 1 heterocycles. The number of aromatic hydroxyl groups is 1. The van der Waals surface area contributed by atoms with Crippen molar-refractivity contribution in [2.75, 3.05) is 27.2 Å². The van der Waals surface area contributed by atoms with E-state index in [1.54, 1.807) is 16.7 Å². The lowest BCUT2D eigenvalue weighted by molar-refractivity contribution is 0.104. The van der Waals surface area contributed by atoms with Crippen LogP contribution in [0.3, 0.4) is 0 Å². The SMILES string of the molecule is CN(C)CCOc1ccc(-n2c3c(c4ccc(O)cc4c2=O)C(=O)c2ccccc2-3)cc1. The molecule has 32 heavy (non-hydrogen) atoms. The lowest BCUT2D eigenvalue weighted by atomic mass is 10.0. The Balaban J connectivity index is 1.72. The summed E-state index contributed by atoms with van der Waals surface area (Å²) in [4.78, 5) is 28.9. The first-order chi connectivity index (χ1) is 15.5. The zero-order valence-corrected chi connectivity index (χ0v) is 17.8. The third-order valence-corrected chi connectivity index (χ3v) is 5.72. The van der Waals surface area contributed by atoms with Crippen LogP contribution < -0.4 is 10.3 Å². The topological polar surface area (TPSA) is 71.8 Å². The second kappa shape index (κ2) is 7.66. The third kappa shape index (κ3) is 3.16. The van der Waals surface area contributed by atoms with Gasteiger partial charge in [-0.2, -0.15) is 0 Å². The van der Waals surface area contributed by atoms with Gasteiger partial charge in [0.25, 0.3) is 5.56 Å². The van der Waals surface area contributed by atoms with Crippen LogP contribution in [0.15, 0.2) is 71.5 Å². The van der Waals surface area contributed by atoms with Gasteiger partial charge in [0.2, 0.25) is 0 Å². The van der Waals surface area contributed by atoms with Crippen molar-refractivity contribution in [3.05, 3.63) is 88.2 Å². The third-order valence-electron chi connectivity index (χ3n) is 5.72. The van der Waals surface area contributed by atoms with E-state index in [1.165, 1.54) is 12.1 Å². The summed E-state index contributed by atoms with van der Waals surface area (Å²) in [6.45, 7) is 1.35. The predicted octanol–water partition coefficient (Wildman–Crippen LogP) is 3.85. The molecule has 0 unspecified atom stereocenters. The molecule has 0 saturated carbocycles. The maximum absolute atomic E-state index is 13.6. The zero-order chi connectivity index (χ0) is 22.4. The smallest absolute Gasteiger partial charge is 0.263 e. The van der Waals surface area contributed by atoms with Gasteiger partial charge in [-0.3, -0.25) is 14.2 Å². The average Bonchev–Trinajstić information content (AvgIpc) is 3.07. The molecular formula is C26H22N2O4. The quantitative estimate of drug-likeness (QED) is 0.462. The van der Waals surface area contributed by atoms with Crippen LogP contribution in [0.2, 0.25) is 0 Å². The van der Waals surface area contributed by atoms with Gasteiger partial charge in [0, 0.05) is 28.7 Å². The monoisotopic (exact) mass is 426 g/mol. The number of nitrogens with zero attached hydrogens (tertiary/aromatic N) is 2. The number of carbonyl (C=O) groups is 1. The molecule has 0 radical (unpaired) electrons. The van der Waals surface area contributed by atoms with Gasteiger partial charge in [-0.25, -0.2) is 0 Å². The van der Waals surface area contributed by atoms with Crippen molar-refractivity contribution in [2.45, 2.75) is 0 Å². The molecule has 1 N–H and O–H groups in total. The minimum Gasteiger partial charge on any atom is -0.508 e. The van der Waals surface area contributed by atoms with Crippen molar-refractivity contribution >= 4 is 16.6 Å². The number of fused-ring (bicyclic) bond motifs is 5. The van der Waals surface area contributed by atoms with Crippen molar-refractivity contribution in [2.24, 2.45) is 0 Å². The van der Waals surface area contributed by atoms with E-state index in [0.29, 0.717) is 45.6 Å². The first-order valence-electron chi connectivity index (χ1n) is 10.4. The Hall–Kier alpha value is -3.90. The van der Waals surface area contributed by atoms with Crippen LogP contribution in [0.25, 0.3) is 27.7 Å². The van der Waals surface area contributed by atoms with Crippen molar-refractivity contribution in [1.82, 2.24) is 9.47 Å². The van der Waals surface area contributed by atoms with Crippen LogP contribution in [0.1, 0.15) is 15.9 Å². The average molecular weight is 426 g/mol. The standard InChI is InChI=1S/C26H22N2O4/c1-27(2)13-14-32-18-10-7-16(8-11-18)28-24-20-5-3-4-6-21(20)25(30)23(24)19-12-9-17(29)15-22(19)26(28)31/h3-12,15,29H,13-14H2,1-2H3. The van der Waals surface area contributed by atoms with Crippen molar-refractivity contribution in [3.63, 3.8) is 0 Å².